The van der Waals surface area contributed by atoms with Crippen LogP contribution in [0.15, 0.2) is 18.2 Å². The van der Waals surface area contributed by atoms with Crippen molar-refractivity contribution < 1.29 is 18.3 Å². The zero-order valence-corrected chi connectivity index (χ0v) is 12.1. The van der Waals surface area contributed by atoms with Crippen LogP contribution < -0.4 is 15.4 Å². The molecule has 116 valence electrons. The first-order valence-electron chi connectivity index (χ1n) is 6.78. The fourth-order valence-corrected chi connectivity index (χ4v) is 2.08. The summed E-state index contributed by atoms with van der Waals surface area (Å²) in [5, 5.41) is 6.32. The summed E-state index contributed by atoms with van der Waals surface area (Å²) in [5.41, 5.74) is 0.552. The third-order valence-electron chi connectivity index (χ3n) is 3.10. The number of hydrogen-bond acceptors (Lipinski definition) is 3. The van der Waals surface area contributed by atoms with E-state index < -0.39 is 6.61 Å². The maximum atomic E-state index is 12.3. The lowest BCUT2D eigenvalue weighted by atomic mass is 10.2. The Bertz CT molecular complexity index is 496. The van der Waals surface area contributed by atoms with Gasteiger partial charge in [-0.25, -0.2) is 0 Å². The molecular formula is C14H17ClF2N2O2. The van der Waals surface area contributed by atoms with E-state index in [2.05, 4.69) is 15.4 Å². The van der Waals surface area contributed by atoms with E-state index >= 15 is 0 Å². The lowest BCUT2D eigenvalue weighted by Gasteiger charge is -2.12. The van der Waals surface area contributed by atoms with Crippen molar-refractivity contribution in [2.45, 2.75) is 26.0 Å². The molecule has 0 heterocycles. The molecular weight excluding hydrogens is 302 g/mol. The van der Waals surface area contributed by atoms with Crippen molar-refractivity contribution in [2.75, 3.05) is 13.1 Å². The van der Waals surface area contributed by atoms with Gasteiger partial charge in [-0.05, 0) is 31.0 Å². The number of rotatable bonds is 8. The first-order valence-corrected chi connectivity index (χ1v) is 7.15. The zero-order chi connectivity index (χ0) is 15.2. The Morgan fingerprint density at radius 2 is 2.14 bits per heavy atom. The molecule has 1 fully saturated rings. The summed E-state index contributed by atoms with van der Waals surface area (Å²) < 4.78 is 29.0. The van der Waals surface area contributed by atoms with Gasteiger partial charge in [0.15, 0.2) is 0 Å². The van der Waals surface area contributed by atoms with Gasteiger partial charge in [0.25, 0.3) is 0 Å². The molecule has 0 aliphatic heterocycles. The summed E-state index contributed by atoms with van der Waals surface area (Å²) in [6.45, 7) is -1.50. The number of ether oxygens (including phenoxy) is 1. The van der Waals surface area contributed by atoms with Crippen LogP contribution in [-0.4, -0.2) is 25.6 Å². The monoisotopic (exact) mass is 318 g/mol. The van der Waals surface area contributed by atoms with Gasteiger partial charge in [-0.15, -0.1) is 0 Å². The van der Waals surface area contributed by atoms with Crippen LogP contribution in [0.4, 0.5) is 8.78 Å². The van der Waals surface area contributed by atoms with Gasteiger partial charge in [-0.3, -0.25) is 4.79 Å². The SMILES string of the molecule is O=C(NCCNCc1cc(Cl)ccc1OC(F)F)C1CC1. The molecule has 2 rings (SSSR count). The first kappa shape index (κ1) is 16.0. The highest BCUT2D eigenvalue weighted by Gasteiger charge is 2.28. The first-order chi connectivity index (χ1) is 10.1. The predicted octanol–water partition coefficient (Wildman–Crippen LogP) is 2.56. The zero-order valence-electron chi connectivity index (χ0n) is 11.4. The van der Waals surface area contributed by atoms with E-state index in [1.165, 1.54) is 12.1 Å². The van der Waals surface area contributed by atoms with Gasteiger partial charge in [-0.1, -0.05) is 11.6 Å². The highest BCUT2D eigenvalue weighted by Crippen LogP contribution is 2.28. The summed E-state index contributed by atoms with van der Waals surface area (Å²) in [6.07, 6.45) is 1.94. The van der Waals surface area contributed by atoms with Crippen LogP contribution in [0.25, 0.3) is 0 Å². The van der Waals surface area contributed by atoms with E-state index in [1.54, 1.807) is 6.07 Å². The summed E-state index contributed by atoms with van der Waals surface area (Å²) >= 11 is 5.85. The maximum absolute atomic E-state index is 12.3. The third kappa shape index (κ3) is 5.47. The largest absolute Gasteiger partial charge is 0.434 e. The highest BCUT2D eigenvalue weighted by atomic mass is 35.5. The Morgan fingerprint density at radius 1 is 1.38 bits per heavy atom. The summed E-state index contributed by atoms with van der Waals surface area (Å²) in [5.74, 6) is 0.370. The molecule has 1 aromatic carbocycles. The Hall–Kier alpha value is -1.40. The molecule has 0 atom stereocenters. The van der Waals surface area contributed by atoms with E-state index in [0.717, 1.165) is 12.8 Å². The van der Waals surface area contributed by atoms with Crippen LogP contribution in [0.2, 0.25) is 5.02 Å². The Balaban J connectivity index is 1.75. The molecule has 1 aromatic rings. The number of benzene rings is 1. The second-order valence-corrected chi connectivity index (χ2v) is 5.31. The number of hydrogen-bond donors (Lipinski definition) is 2. The van der Waals surface area contributed by atoms with E-state index in [4.69, 9.17) is 11.6 Å². The molecule has 0 bridgehead atoms. The average molecular weight is 319 g/mol. The van der Waals surface area contributed by atoms with Crippen LogP contribution in [-0.2, 0) is 11.3 Å². The summed E-state index contributed by atoms with van der Waals surface area (Å²) in [6, 6.07) is 4.49. The fourth-order valence-electron chi connectivity index (χ4n) is 1.88. The molecule has 4 nitrogen and oxygen atoms in total. The van der Waals surface area contributed by atoms with Crippen molar-refractivity contribution in [3.63, 3.8) is 0 Å². The number of alkyl halides is 2. The minimum Gasteiger partial charge on any atom is -0.434 e. The number of amides is 1. The summed E-state index contributed by atoms with van der Waals surface area (Å²) in [7, 11) is 0. The van der Waals surface area contributed by atoms with Crippen LogP contribution in [0.3, 0.4) is 0 Å². The standard InChI is InChI=1S/C14H17ClF2N2O2/c15-11-3-4-12(21-14(16)17)10(7-11)8-18-5-6-19-13(20)9-1-2-9/h3-4,7,9,14,18H,1-2,5-6,8H2,(H,19,20). The topological polar surface area (TPSA) is 50.4 Å². The normalized spacial score (nSPS) is 14.3. The van der Waals surface area contributed by atoms with Crippen molar-refractivity contribution in [3.8, 4) is 5.75 Å². The Morgan fingerprint density at radius 3 is 2.81 bits per heavy atom. The van der Waals surface area contributed by atoms with Gasteiger partial charge in [0.2, 0.25) is 5.91 Å². The van der Waals surface area contributed by atoms with Crippen LogP contribution >= 0.6 is 11.6 Å². The van der Waals surface area contributed by atoms with E-state index in [1.807, 2.05) is 0 Å². The number of carbonyl (C=O) groups excluding carboxylic acids is 1. The summed E-state index contributed by atoms with van der Waals surface area (Å²) in [4.78, 5) is 11.4. The molecule has 1 aliphatic rings. The second kappa shape index (κ2) is 7.56. The van der Waals surface area contributed by atoms with Crippen molar-refractivity contribution in [2.24, 2.45) is 5.92 Å². The van der Waals surface area contributed by atoms with Crippen LogP contribution in [0.5, 0.6) is 5.75 Å². The maximum Gasteiger partial charge on any atom is 0.387 e. The minimum absolute atomic E-state index is 0.0845. The molecule has 7 heteroatoms. The Kier molecular flexibility index (Phi) is 5.76. The molecule has 21 heavy (non-hydrogen) atoms. The predicted molar refractivity (Wildman–Crippen MR) is 75.5 cm³/mol. The number of halogens is 3. The molecule has 2 N–H and O–H groups in total. The van der Waals surface area contributed by atoms with Crippen molar-refractivity contribution >= 4 is 17.5 Å². The van der Waals surface area contributed by atoms with Crippen molar-refractivity contribution in [3.05, 3.63) is 28.8 Å². The van der Waals surface area contributed by atoms with E-state index in [-0.39, 0.29) is 17.6 Å². The van der Waals surface area contributed by atoms with Gasteiger partial charge in [0.05, 0.1) is 0 Å². The molecule has 0 aromatic heterocycles. The average Bonchev–Trinajstić information content (AvgIpc) is 3.25. The highest BCUT2D eigenvalue weighted by molar-refractivity contribution is 6.30. The molecule has 1 amide bonds. The quantitative estimate of drug-likeness (QED) is 0.724. The molecule has 0 saturated heterocycles. The van der Waals surface area contributed by atoms with Gasteiger partial charge < -0.3 is 15.4 Å². The smallest absolute Gasteiger partial charge is 0.387 e. The molecule has 1 saturated carbocycles. The lowest BCUT2D eigenvalue weighted by Crippen LogP contribution is -2.32. The fraction of sp³-hybridized carbons (Fsp3) is 0.500. The van der Waals surface area contributed by atoms with Gasteiger partial charge in [0, 0.05) is 36.1 Å². The second-order valence-electron chi connectivity index (χ2n) is 4.87. The molecule has 0 unspecified atom stereocenters. The lowest BCUT2D eigenvalue weighted by molar-refractivity contribution is -0.122. The van der Waals surface area contributed by atoms with Crippen molar-refractivity contribution in [1.82, 2.24) is 10.6 Å². The van der Waals surface area contributed by atoms with Gasteiger partial charge >= 0.3 is 6.61 Å². The minimum atomic E-state index is -2.87. The Labute approximate surface area is 126 Å². The van der Waals surface area contributed by atoms with Crippen LogP contribution in [0.1, 0.15) is 18.4 Å². The van der Waals surface area contributed by atoms with E-state index in [9.17, 15) is 13.6 Å². The van der Waals surface area contributed by atoms with Crippen LogP contribution in [0, 0.1) is 5.92 Å². The van der Waals surface area contributed by atoms with Gasteiger partial charge in [-0.2, -0.15) is 8.78 Å². The molecule has 0 radical (unpaired) electrons. The number of nitrogens with one attached hydrogen (secondary N) is 2. The number of carbonyl (C=O) groups is 1. The van der Waals surface area contributed by atoms with Gasteiger partial charge in [0.1, 0.15) is 5.75 Å². The van der Waals surface area contributed by atoms with Crippen molar-refractivity contribution in [1.29, 1.82) is 0 Å². The van der Waals surface area contributed by atoms with E-state index in [0.29, 0.717) is 30.2 Å². The third-order valence-corrected chi connectivity index (χ3v) is 3.34. The molecule has 0 spiro atoms. The molecule has 1 aliphatic carbocycles.